The lowest BCUT2D eigenvalue weighted by Gasteiger charge is -2.33. The molecule has 1 aliphatic rings. The van der Waals surface area contributed by atoms with Gasteiger partial charge in [0.15, 0.2) is 6.61 Å². The van der Waals surface area contributed by atoms with E-state index < -0.39 is 0 Å². The normalized spacial score (nSPS) is 17.6. The molecule has 0 N–H and O–H groups in total. The second kappa shape index (κ2) is 7.88. The van der Waals surface area contributed by atoms with Crippen molar-refractivity contribution >= 4 is 29.1 Å². The van der Waals surface area contributed by atoms with Crippen LogP contribution in [0.1, 0.15) is 11.7 Å². The average Bonchev–Trinajstić information content (AvgIpc) is 2.60. The van der Waals surface area contributed by atoms with Gasteiger partial charge in [-0.2, -0.15) is 0 Å². The second-order valence-electron chi connectivity index (χ2n) is 5.47. The topological polar surface area (TPSA) is 38.8 Å². The van der Waals surface area contributed by atoms with Crippen molar-refractivity contribution in [3.63, 3.8) is 0 Å². The number of rotatable bonds is 4. The van der Waals surface area contributed by atoms with Gasteiger partial charge in [-0.3, -0.25) is 4.79 Å². The Hall–Kier alpha value is -1.75. The minimum Gasteiger partial charge on any atom is -0.484 e. The highest BCUT2D eigenvalue weighted by atomic mass is 35.5. The number of morpholine rings is 1. The van der Waals surface area contributed by atoms with Crippen molar-refractivity contribution in [1.29, 1.82) is 0 Å². The molecule has 1 amide bonds. The number of para-hydroxylation sites is 1. The molecule has 0 aromatic heterocycles. The van der Waals surface area contributed by atoms with Gasteiger partial charge in [-0.1, -0.05) is 47.5 Å². The maximum atomic E-state index is 12.4. The fourth-order valence-corrected chi connectivity index (χ4v) is 3.11. The van der Waals surface area contributed by atoms with Crippen molar-refractivity contribution in [2.45, 2.75) is 6.10 Å². The van der Waals surface area contributed by atoms with Crippen LogP contribution in [-0.2, 0) is 9.53 Å². The minimum absolute atomic E-state index is 0.00504. The molecule has 4 nitrogen and oxygen atoms in total. The first-order valence-corrected chi connectivity index (χ1v) is 8.41. The minimum atomic E-state index is -0.260. The van der Waals surface area contributed by atoms with E-state index in [1.807, 2.05) is 36.4 Å². The van der Waals surface area contributed by atoms with Crippen LogP contribution in [0.3, 0.4) is 0 Å². The number of amides is 1. The molecule has 2 aromatic rings. The van der Waals surface area contributed by atoms with E-state index >= 15 is 0 Å². The monoisotopic (exact) mass is 365 g/mol. The van der Waals surface area contributed by atoms with Gasteiger partial charge in [0, 0.05) is 22.2 Å². The molecule has 1 heterocycles. The van der Waals surface area contributed by atoms with E-state index in [1.165, 1.54) is 0 Å². The molecule has 6 heteroatoms. The number of carbonyl (C=O) groups excluding carboxylic acids is 1. The van der Waals surface area contributed by atoms with Crippen molar-refractivity contribution in [2.24, 2.45) is 0 Å². The predicted molar refractivity (Wildman–Crippen MR) is 93.7 cm³/mol. The third kappa shape index (κ3) is 4.20. The fraction of sp³-hybridized carbons (Fsp3) is 0.278. The highest BCUT2D eigenvalue weighted by Gasteiger charge is 2.27. The molecule has 3 rings (SSSR count). The Bertz CT molecular complexity index is 709. The van der Waals surface area contributed by atoms with Gasteiger partial charge in [0.05, 0.1) is 13.2 Å². The van der Waals surface area contributed by atoms with Gasteiger partial charge in [-0.25, -0.2) is 0 Å². The lowest BCUT2D eigenvalue weighted by Crippen LogP contribution is -2.44. The van der Waals surface area contributed by atoms with E-state index in [0.29, 0.717) is 35.5 Å². The van der Waals surface area contributed by atoms with E-state index in [1.54, 1.807) is 17.0 Å². The molecular weight excluding hydrogens is 349 g/mol. The van der Waals surface area contributed by atoms with Crippen LogP contribution in [0.2, 0.25) is 10.0 Å². The molecule has 2 aromatic carbocycles. The Morgan fingerprint density at radius 3 is 2.75 bits per heavy atom. The molecule has 1 saturated heterocycles. The maximum Gasteiger partial charge on any atom is 0.260 e. The van der Waals surface area contributed by atoms with E-state index in [9.17, 15) is 4.79 Å². The van der Waals surface area contributed by atoms with Gasteiger partial charge in [0.2, 0.25) is 0 Å². The van der Waals surface area contributed by atoms with Gasteiger partial charge in [0.1, 0.15) is 11.9 Å². The number of halogens is 2. The molecule has 0 aliphatic carbocycles. The third-order valence-electron chi connectivity index (χ3n) is 3.83. The molecule has 24 heavy (non-hydrogen) atoms. The Morgan fingerprint density at radius 2 is 2.00 bits per heavy atom. The Kier molecular flexibility index (Phi) is 5.61. The zero-order valence-corrected chi connectivity index (χ0v) is 14.5. The highest BCUT2D eigenvalue weighted by Crippen LogP contribution is 2.30. The van der Waals surface area contributed by atoms with Crippen molar-refractivity contribution in [1.82, 2.24) is 4.90 Å². The first kappa shape index (κ1) is 17.1. The van der Waals surface area contributed by atoms with Gasteiger partial charge in [0.25, 0.3) is 5.91 Å². The molecule has 0 spiro atoms. The maximum absolute atomic E-state index is 12.4. The van der Waals surface area contributed by atoms with Crippen molar-refractivity contribution in [3.8, 4) is 5.75 Å². The second-order valence-corrected chi connectivity index (χ2v) is 6.31. The highest BCUT2D eigenvalue weighted by molar-refractivity contribution is 6.35. The summed E-state index contributed by atoms with van der Waals surface area (Å²) in [7, 11) is 0. The number of benzene rings is 2. The number of hydrogen-bond acceptors (Lipinski definition) is 3. The molecule has 1 aliphatic heterocycles. The van der Waals surface area contributed by atoms with Crippen LogP contribution < -0.4 is 4.74 Å². The van der Waals surface area contributed by atoms with E-state index in [0.717, 1.165) is 5.56 Å². The first-order valence-electron chi connectivity index (χ1n) is 7.65. The molecule has 126 valence electrons. The van der Waals surface area contributed by atoms with Crippen molar-refractivity contribution in [2.75, 3.05) is 26.3 Å². The average molecular weight is 366 g/mol. The van der Waals surface area contributed by atoms with E-state index in [-0.39, 0.29) is 18.6 Å². The summed E-state index contributed by atoms with van der Waals surface area (Å²) in [6.07, 6.45) is -0.260. The summed E-state index contributed by atoms with van der Waals surface area (Å²) in [5.41, 5.74) is 0.836. The van der Waals surface area contributed by atoms with Crippen LogP contribution in [0.5, 0.6) is 5.75 Å². The number of carbonyl (C=O) groups is 1. The molecule has 0 saturated carbocycles. The van der Waals surface area contributed by atoms with Gasteiger partial charge >= 0.3 is 0 Å². The van der Waals surface area contributed by atoms with Crippen LogP contribution in [0.25, 0.3) is 0 Å². The largest absolute Gasteiger partial charge is 0.484 e. The summed E-state index contributed by atoms with van der Waals surface area (Å²) in [5.74, 6) is 0.605. The van der Waals surface area contributed by atoms with Crippen molar-refractivity contribution in [3.05, 3.63) is 64.1 Å². The molecule has 0 bridgehead atoms. The standard InChI is InChI=1S/C18H17Cl2NO3/c19-13-6-7-15(16(20)10-13)17-11-21(8-9-23-17)18(22)12-24-14-4-2-1-3-5-14/h1-7,10,17H,8-9,11-12H2. The SMILES string of the molecule is O=C(COc1ccccc1)N1CCOC(c2ccc(Cl)cc2Cl)C1. The molecule has 1 fully saturated rings. The van der Waals surface area contributed by atoms with E-state index in [4.69, 9.17) is 32.7 Å². The lowest BCUT2D eigenvalue weighted by molar-refractivity contribution is -0.141. The number of ether oxygens (including phenoxy) is 2. The van der Waals surface area contributed by atoms with Crippen LogP contribution in [0, 0.1) is 0 Å². The van der Waals surface area contributed by atoms with Crippen LogP contribution in [0.15, 0.2) is 48.5 Å². The number of nitrogens with zero attached hydrogens (tertiary/aromatic N) is 1. The summed E-state index contributed by atoms with van der Waals surface area (Å²) >= 11 is 12.2. The van der Waals surface area contributed by atoms with E-state index in [2.05, 4.69) is 0 Å². The summed E-state index contributed by atoms with van der Waals surface area (Å²) < 4.78 is 11.3. The van der Waals surface area contributed by atoms with Gasteiger partial charge < -0.3 is 14.4 Å². The zero-order chi connectivity index (χ0) is 16.9. The summed E-state index contributed by atoms with van der Waals surface area (Å²) in [4.78, 5) is 14.1. The Morgan fingerprint density at radius 1 is 1.21 bits per heavy atom. The lowest BCUT2D eigenvalue weighted by atomic mass is 10.1. The Labute approximate surface area is 150 Å². The Balaban J connectivity index is 1.61. The van der Waals surface area contributed by atoms with Gasteiger partial charge in [-0.15, -0.1) is 0 Å². The number of hydrogen-bond donors (Lipinski definition) is 0. The fourth-order valence-electron chi connectivity index (χ4n) is 2.58. The van der Waals surface area contributed by atoms with Crippen LogP contribution >= 0.6 is 23.2 Å². The van der Waals surface area contributed by atoms with Gasteiger partial charge in [-0.05, 0) is 24.3 Å². The zero-order valence-electron chi connectivity index (χ0n) is 13.0. The molecule has 0 radical (unpaired) electrons. The molecular formula is C18H17Cl2NO3. The third-order valence-corrected chi connectivity index (χ3v) is 4.40. The van der Waals surface area contributed by atoms with Crippen LogP contribution in [-0.4, -0.2) is 37.1 Å². The quantitative estimate of drug-likeness (QED) is 0.822. The summed E-state index contributed by atoms with van der Waals surface area (Å²) in [5, 5.41) is 1.12. The van der Waals surface area contributed by atoms with Crippen LogP contribution in [0.4, 0.5) is 0 Å². The predicted octanol–water partition coefficient (Wildman–Crippen LogP) is 3.97. The summed E-state index contributed by atoms with van der Waals surface area (Å²) in [6.45, 7) is 1.45. The smallest absolute Gasteiger partial charge is 0.260 e. The van der Waals surface area contributed by atoms with Crippen molar-refractivity contribution < 1.29 is 14.3 Å². The first-order chi connectivity index (χ1) is 11.6. The summed E-state index contributed by atoms with van der Waals surface area (Å²) in [6, 6.07) is 14.6. The molecule has 1 atom stereocenters. The molecule has 1 unspecified atom stereocenters.